The van der Waals surface area contributed by atoms with Gasteiger partial charge in [-0.2, -0.15) is 0 Å². The van der Waals surface area contributed by atoms with Gasteiger partial charge in [0.25, 0.3) is 0 Å². The molecule has 0 saturated heterocycles. The summed E-state index contributed by atoms with van der Waals surface area (Å²) in [4.78, 5) is 2.63. The van der Waals surface area contributed by atoms with E-state index in [2.05, 4.69) is 4.84 Å². The molecule has 2 aromatic carbocycles. The Hall–Kier alpha value is -1.58. The Kier molecular flexibility index (Phi) is 5.39. The zero-order valence-electron chi connectivity index (χ0n) is 11.3. The van der Waals surface area contributed by atoms with Crippen LogP contribution < -0.4 is 9.57 Å². The molecule has 0 aromatic heterocycles. The monoisotopic (exact) mass is 293 g/mol. The Labute approximate surface area is 123 Å². The molecule has 0 amide bonds. The summed E-state index contributed by atoms with van der Waals surface area (Å²) in [6, 6.07) is 14.4. The third-order valence-electron chi connectivity index (χ3n) is 3.29. The van der Waals surface area contributed by atoms with Crippen molar-refractivity contribution in [2.75, 3.05) is 13.7 Å². The van der Waals surface area contributed by atoms with E-state index in [-0.39, 0.29) is 11.7 Å². The minimum atomic E-state index is -0.235. The van der Waals surface area contributed by atoms with Crippen LogP contribution in [-0.4, -0.2) is 13.7 Å². The predicted molar refractivity (Wildman–Crippen MR) is 79.7 cm³/mol. The number of halogens is 2. The van der Waals surface area contributed by atoms with E-state index < -0.39 is 0 Å². The predicted octanol–water partition coefficient (Wildman–Crippen LogP) is 4.10. The van der Waals surface area contributed by atoms with E-state index in [1.807, 2.05) is 30.3 Å². The van der Waals surface area contributed by atoms with Crippen LogP contribution in [0.4, 0.5) is 4.39 Å². The van der Waals surface area contributed by atoms with Crippen molar-refractivity contribution in [1.29, 1.82) is 0 Å². The van der Waals surface area contributed by atoms with Gasteiger partial charge in [-0.15, -0.1) is 0 Å². The minimum Gasteiger partial charge on any atom is -0.496 e. The maximum absolute atomic E-state index is 13.5. The Morgan fingerprint density at radius 1 is 1.20 bits per heavy atom. The largest absolute Gasteiger partial charge is 0.496 e. The highest BCUT2D eigenvalue weighted by molar-refractivity contribution is 6.13. The maximum atomic E-state index is 13.5. The fourth-order valence-electron chi connectivity index (χ4n) is 2.38. The molecular weight excluding hydrogens is 277 g/mol. The molecule has 1 unspecified atom stereocenters. The van der Waals surface area contributed by atoms with Gasteiger partial charge >= 0.3 is 0 Å². The summed E-state index contributed by atoms with van der Waals surface area (Å²) in [6.45, 7) is 0.626. The molecule has 1 atom stereocenters. The fraction of sp³-hybridized carbons (Fsp3) is 0.250. The molecule has 0 bridgehead atoms. The zero-order valence-corrected chi connectivity index (χ0v) is 12.0. The van der Waals surface area contributed by atoms with Crippen molar-refractivity contribution in [3.63, 3.8) is 0 Å². The van der Waals surface area contributed by atoms with Crippen LogP contribution in [0.25, 0.3) is 0 Å². The summed E-state index contributed by atoms with van der Waals surface area (Å²) < 4.78 is 18.9. The normalized spacial score (nSPS) is 12.2. The maximum Gasteiger partial charge on any atom is 0.123 e. The van der Waals surface area contributed by atoms with Crippen LogP contribution in [0.15, 0.2) is 48.5 Å². The molecule has 2 rings (SSSR count). The van der Waals surface area contributed by atoms with E-state index in [9.17, 15) is 4.39 Å². The molecule has 2 nitrogen and oxygen atoms in total. The fourth-order valence-corrected chi connectivity index (χ4v) is 2.49. The lowest BCUT2D eigenvalue weighted by Gasteiger charge is -2.20. The first kappa shape index (κ1) is 14.8. The SMILES string of the molecule is COc1ccccc1C(CCNCl)c1cccc(F)c1. The Morgan fingerprint density at radius 2 is 2.00 bits per heavy atom. The van der Waals surface area contributed by atoms with E-state index >= 15 is 0 Å². The first-order valence-corrected chi connectivity index (χ1v) is 6.86. The summed E-state index contributed by atoms with van der Waals surface area (Å²) in [5, 5.41) is 0. The van der Waals surface area contributed by atoms with E-state index in [0.717, 1.165) is 23.3 Å². The van der Waals surface area contributed by atoms with Gasteiger partial charge in [0.15, 0.2) is 0 Å². The lowest BCUT2D eigenvalue weighted by Crippen LogP contribution is -2.10. The van der Waals surface area contributed by atoms with E-state index in [1.165, 1.54) is 6.07 Å². The van der Waals surface area contributed by atoms with Gasteiger partial charge in [-0.3, -0.25) is 0 Å². The number of benzene rings is 2. The minimum absolute atomic E-state index is 0.0353. The van der Waals surface area contributed by atoms with Crippen molar-refractivity contribution < 1.29 is 9.13 Å². The Balaban J connectivity index is 2.41. The van der Waals surface area contributed by atoms with Crippen LogP contribution >= 0.6 is 11.8 Å². The van der Waals surface area contributed by atoms with Crippen LogP contribution in [0.3, 0.4) is 0 Å². The van der Waals surface area contributed by atoms with Crippen molar-refractivity contribution >= 4 is 11.8 Å². The summed E-state index contributed by atoms with van der Waals surface area (Å²) in [5.74, 6) is 0.602. The van der Waals surface area contributed by atoms with Crippen LogP contribution in [-0.2, 0) is 0 Å². The van der Waals surface area contributed by atoms with Gasteiger partial charge in [-0.25, -0.2) is 9.23 Å². The standard InChI is InChI=1S/C16H17ClFNO/c1-20-16-8-3-2-7-15(16)14(9-10-19-17)12-5-4-6-13(18)11-12/h2-8,11,14,19H,9-10H2,1H3. The van der Waals surface area contributed by atoms with E-state index in [1.54, 1.807) is 19.2 Å². The molecule has 0 heterocycles. The molecule has 0 saturated carbocycles. The highest BCUT2D eigenvalue weighted by Gasteiger charge is 2.18. The first-order chi connectivity index (χ1) is 9.76. The third kappa shape index (κ3) is 3.50. The van der Waals surface area contributed by atoms with Crippen molar-refractivity contribution in [2.45, 2.75) is 12.3 Å². The number of para-hydroxylation sites is 1. The van der Waals surface area contributed by atoms with Crippen LogP contribution in [0, 0.1) is 5.82 Å². The number of hydrogen-bond acceptors (Lipinski definition) is 2. The number of nitrogens with one attached hydrogen (secondary N) is 1. The van der Waals surface area contributed by atoms with Gasteiger partial charge in [0, 0.05) is 18.0 Å². The van der Waals surface area contributed by atoms with Crippen molar-refractivity contribution in [1.82, 2.24) is 4.84 Å². The Morgan fingerprint density at radius 3 is 2.70 bits per heavy atom. The van der Waals surface area contributed by atoms with Crippen LogP contribution in [0.5, 0.6) is 5.75 Å². The lowest BCUT2D eigenvalue weighted by atomic mass is 9.88. The molecule has 20 heavy (non-hydrogen) atoms. The molecule has 0 fully saturated rings. The molecule has 106 valence electrons. The third-order valence-corrected chi connectivity index (χ3v) is 3.48. The number of ether oxygens (including phenoxy) is 1. The number of hydrogen-bond donors (Lipinski definition) is 1. The second-order valence-electron chi connectivity index (χ2n) is 4.52. The zero-order chi connectivity index (χ0) is 14.4. The lowest BCUT2D eigenvalue weighted by molar-refractivity contribution is 0.406. The van der Waals surface area contributed by atoms with Gasteiger partial charge < -0.3 is 4.74 Å². The average Bonchev–Trinajstić information content (AvgIpc) is 2.48. The number of rotatable bonds is 6. The van der Waals surface area contributed by atoms with E-state index in [4.69, 9.17) is 16.5 Å². The smallest absolute Gasteiger partial charge is 0.123 e. The molecule has 0 aliphatic carbocycles. The molecule has 4 heteroatoms. The summed E-state index contributed by atoms with van der Waals surface area (Å²) in [7, 11) is 1.64. The Bertz CT molecular complexity index is 562. The van der Waals surface area contributed by atoms with Gasteiger partial charge in [0.2, 0.25) is 0 Å². The molecule has 0 spiro atoms. The highest BCUT2D eigenvalue weighted by Crippen LogP contribution is 2.34. The highest BCUT2D eigenvalue weighted by atomic mass is 35.5. The number of methoxy groups -OCH3 is 1. The molecule has 2 aromatic rings. The summed E-state index contributed by atoms with van der Waals surface area (Å²) in [6.07, 6.45) is 0.757. The first-order valence-electron chi connectivity index (χ1n) is 6.48. The molecule has 0 radical (unpaired) electrons. The van der Waals surface area contributed by atoms with Crippen molar-refractivity contribution in [2.24, 2.45) is 0 Å². The molecular formula is C16H17ClFNO. The topological polar surface area (TPSA) is 21.3 Å². The van der Waals surface area contributed by atoms with Crippen molar-refractivity contribution in [3.05, 3.63) is 65.5 Å². The second-order valence-corrected chi connectivity index (χ2v) is 4.79. The molecule has 0 aliphatic heterocycles. The van der Waals surface area contributed by atoms with E-state index in [0.29, 0.717) is 6.54 Å². The summed E-state index contributed by atoms with van der Waals surface area (Å²) in [5.41, 5.74) is 1.95. The van der Waals surface area contributed by atoms with Crippen molar-refractivity contribution in [3.8, 4) is 5.75 Å². The van der Waals surface area contributed by atoms with Gasteiger partial charge in [0.1, 0.15) is 11.6 Å². The second kappa shape index (κ2) is 7.27. The van der Waals surface area contributed by atoms with Crippen LogP contribution in [0.1, 0.15) is 23.5 Å². The average molecular weight is 294 g/mol. The quantitative estimate of drug-likeness (QED) is 0.810. The van der Waals surface area contributed by atoms with Gasteiger partial charge in [0.05, 0.1) is 7.11 Å². The molecule has 0 aliphatic rings. The molecule has 1 N–H and O–H groups in total. The van der Waals surface area contributed by atoms with Gasteiger partial charge in [-0.05, 0) is 42.0 Å². The van der Waals surface area contributed by atoms with Crippen LogP contribution in [0.2, 0.25) is 0 Å². The summed E-state index contributed by atoms with van der Waals surface area (Å²) >= 11 is 5.57. The van der Waals surface area contributed by atoms with Gasteiger partial charge in [-0.1, -0.05) is 30.3 Å².